The van der Waals surface area contributed by atoms with Gasteiger partial charge in [-0.25, -0.2) is 4.98 Å². The van der Waals surface area contributed by atoms with Gasteiger partial charge >= 0.3 is 0 Å². The Balaban J connectivity index is 2.08. The summed E-state index contributed by atoms with van der Waals surface area (Å²) in [6, 6.07) is 8.18. The van der Waals surface area contributed by atoms with E-state index in [1.807, 2.05) is 0 Å². The van der Waals surface area contributed by atoms with E-state index in [0.29, 0.717) is 6.54 Å². The lowest BCUT2D eigenvalue weighted by molar-refractivity contribution is 0.725. The third-order valence-corrected chi connectivity index (χ3v) is 3.42. The monoisotopic (exact) mass is 248 g/mol. The van der Waals surface area contributed by atoms with Gasteiger partial charge in [-0.1, -0.05) is 29.8 Å². The molecule has 1 aromatic carbocycles. The Bertz CT molecular complexity index is 478. The van der Waals surface area contributed by atoms with Crippen LogP contribution < -0.4 is 11.5 Å². The van der Waals surface area contributed by atoms with E-state index in [0.717, 1.165) is 17.3 Å². The van der Waals surface area contributed by atoms with Gasteiger partial charge in [-0.05, 0) is 24.0 Å². The van der Waals surface area contributed by atoms with E-state index in [9.17, 15) is 0 Å². The Labute approximate surface area is 105 Å². The van der Waals surface area contributed by atoms with Gasteiger partial charge in [0.05, 0.1) is 6.04 Å². The second kappa shape index (κ2) is 5.35. The number of nitrogens with two attached hydrogens (primary N) is 2. The van der Waals surface area contributed by atoms with Crippen LogP contribution in [0.4, 0.5) is 0 Å². The van der Waals surface area contributed by atoms with Crippen LogP contribution in [0.3, 0.4) is 0 Å². The highest BCUT2D eigenvalue weighted by Gasteiger charge is 2.10. The summed E-state index contributed by atoms with van der Waals surface area (Å²) < 4.78 is 4.30. The quantitative estimate of drug-likeness (QED) is 0.857. The van der Waals surface area contributed by atoms with Crippen LogP contribution in [0.25, 0.3) is 0 Å². The molecule has 2 rings (SSSR count). The van der Waals surface area contributed by atoms with Gasteiger partial charge in [0.25, 0.3) is 0 Å². The van der Waals surface area contributed by atoms with Gasteiger partial charge in [0.1, 0.15) is 10.8 Å². The minimum atomic E-state index is -0.195. The Morgan fingerprint density at radius 2 is 2.00 bits per heavy atom. The van der Waals surface area contributed by atoms with Crippen LogP contribution in [0.15, 0.2) is 24.3 Å². The van der Waals surface area contributed by atoms with Gasteiger partial charge in [-0.15, -0.1) is 0 Å². The average molecular weight is 248 g/mol. The normalized spacial score (nSPS) is 12.6. The predicted octanol–water partition coefficient (Wildman–Crippen LogP) is 1.40. The summed E-state index contributed by atoms with van der Waals surface area (Å²) in [6.45, 7) is 2.47. The van der Waals surface area contributed by atoms with Crippen LogP contribution in [0.5, 0.6) is 0 Å². The lowest BCUT2D eigenvalue weighted by Crippen LogP contribution is -2.20. The highest BCUT2D eigenvalue weighted by molar-refractivity contribution is 7.05. The zero-order valence-corrected chi connectivity index (χ0v) is 10.6. The molecule has 17 heavy (non-hydrogen) atoms. The fourth-order valence-electron chi connectivity index (χ4n) is 1.48. The third-order valence-electron chi connectivity index (χ3n) is 2.54. The van der Waals surface area contributed by atoms with Crippen LogP contribution in [0.1, 0.15) is 28.0 Å². The molecule has 2 aromatic rings. The highest BCUT2D eigenvalue weighted by Crippen LogP contribution is 2.14. The SMILES string of the molecule is Cc1ccc(Cc2nsc(C(N)CN)n2)cc1. The minimum Gasteiger partial charge on any atom is -0.329 e. The van der Waals surface area contributed by atoms with Gasteiger partial charge in [-0.2, -0.15) is 4.37 Å². The van der Waals surface area contributed by atoms with Crippen molar-refractivity contribution >= 4 is 11.5 Å². The van der Waals surface area contributed by atoms with Crippen molar-refractivity contribution in [3.63, 3.8) is 0 Å². The van der Waals surface area contributed by atoms with Crippen LogP contribution in [0.2, 0.25) is 0 Å². The van der Waals surface area contributed by atoms with Gasteiger partial charge in [0.2, 0.25) is 0 Å². The van der Waals surface area contributed by atoms with Crippen molar-refractivity contribution in [2.45, 2.75) is 19.4 Å². The van der Waals surface area contributed by atoms with Gasteiger partial charge in [0.15, 0.2) is 0 Å². The lowest BCUT2D eigenvalue weighted by Gasteiger charge is -2.01. The predicted molar refractivity (Wildman–Crippen MR) is 69.9 cm³/mol. The second-order valence-corrected chi connectivity index (χ2v) is 4.84. The van der Waals surface area contributed by atoms with Crippen molar-refractivity contribution < 1.29 is 0 Å². The number of hydrogen-bond acceptors (Lipinski definition) is 5. The summed E-state index contributed by atoms with van der Waals surface area (Å²) in [5, 5.41) is 0.814. The molecule has 0 aliphatic rings. The smallest absolute Gasteiger partial charge is 0.147 e. The molecule has 4 nitrogen and oxygen atoms in total. The molecule has 0 fully saturated rings. The zero-order chi connectivity index (χ0) is 12.3. The summed E-state index contributed by atoms with van der Waals surface area (Å²) in [4.78, 5) is 4.40. The standard InChI is InChI=1S/C12H16N4S/c1-8-2-4-9(5-3-8)6-11-15-12(17-16-11)10(14)7-13/h2-5,10H,6-7,13-14H2,1H3. The molecule has 0 saturated carbocycles. The van der Waals surface area contributed by atoms with Crippen LogP contribution in [0, 0.1) is 6.92 Å². The molecule has 1 heterocycles. The van der Waals surface area contributed by atoms with E-state index >= 15 is 0 Å². The molecule has 0 aliphatic carbocycles. The molecule has 1 aromatic heterocycles. The van der Waals surface area contributed by atoms with Gasteiger partial charge in [-0.3, -0.25) is 0 Å². The first-order valence-electron chi connectivity index (χ1n) is 5.52. The Morgan fingerprint density at radius 3 is 2.65 bits per heavy atom. The average Bonchev–Trinajstić information content (AvgIpc) is 2.80. The highest BCUT2D eigenvalue weighted by atomic mass is 32.1. The molecular formula is C12H16N4S. The molecule has 0 spiro atoms. The second-order valence-electron chi connectivity index (χ2n) is 4.05. The Kier molecular flexibility index (Phi) is 3.83. The van der Waals surface area contributed by atoms with Gasteiger partial charge in [0, 0.05) is 13.0 Å². The molecular weight excluding hydrogens is 232 g/mol. The number of aryl methyl sites for hydroxylation is 1. The van der Waals surface area contributed by atoms with E-state index in [2.05, 4.69) is 40.5 Å². The van der Waals surface area contributed by atoms with Crippen LogP contribution in [-0.2, 0) is 6.42 Å². The Hall–Kier alpha value is -1.30. The first-order valence-corrected chi connectivity index (χ1v) is 6.30. The molecule has 90 valence electrons. The number of rotatable bonds is 4. The number of hydrogen-bond donors (Lipinski definition) is 2. The number of nitrogens with zero attached hydrogens (tertiary/aromatic N) is 2. The fraction of sp³-hybridized carbons (Fsp3) is 0.333. The van der Waals surface area contributed by atoms with Crippen molar-refractivity contribution in [1.82, 2.24) is 9.36 Å². The molecule has 0 bridgehead atoms. The molecule has 1 atom stereocenters. The number of benzene rings is 1. The van der Waals surface area contributed by atoms with Crippen molar-refractivity contribution in [3.8, 4) is 0 Å². The zero-order valence-electron chi connectivity index (χ0n) is 9.76. The van der Waals surface area contributed by atoms with E-state index in [1.165, 1.54) is 22.7 Å². The summed E-state index contributed by atoms with van der Waals surface area (Å²) in [5.41, 5.74) is 13.8. The van der Waals surface area contributed by atoms with E-state index in [1.54, 1.807) is 0 Å². The molecule has 0 radical (unpaired) electrons. The van der Waals surface area contributed by atoms with Gasteiger partial charge < -0.3 is 11.5 Å². The molecule has 4 N–H and O–H groups in total. The summed E-state index contributed by atoms with van der Waals surface area (Å²) >= 11 is 1.34. The maximum atomic E-state index is 5.80. The van der Waals surface area contributed by atoms with Crippen molar-refractivity contribution in [2.24, 2.45) is 11.5 Å². The van der Waals surface area contributed by atoms with E-state index in [4.69, 9.17) is 11.5 Å². The number of aromatic nitrogens is 2. The third kappa shape index (κ3) is 3.09. The van der Waals surface area contributed by atoms with Crippen molar-refractivity contribution in [1.29, 1.82) is 0 Å². The van der Waals surface area contributed by atoms with Crippen LogP contribution >= 0.6 is 11.5 Å². The Morgan fingerprint density at radius 1 is 1.29 bits per heavy atom. The maximum absolute atomic E-state index is 5.80. The topological polar surface area (TPSA) is 77.8 Å². The van der Waals surface area contributed by atoms with E-state index in [-0.39, 0.29) is 6.04 Å². The molecule has 0 aliphatic heterocycles. The molecule has 5 heteroatoms. The van der Waals surface area contributed by atoms with Crippen molar-refractivity contribution in [3.05, 3.63) is 46.2 Å². The van der Waals surface area contributed by atoms with Crippen molar-refractivity contribution in [2.75, 3.05) is 6.54 Å². The molecule has 0 saturated heterocycles. The first kappa shape index (κ1) is 12.2. The fourth-order valence-corrected chi connectivity index (χ4v) is 2.16. The van der Waals surface area contributed by atoms with Crippen LogP contribution in [-0.4, -0.2) is 15.9 Å². The summed E-state index contributed by atoms with van der Waals surface area (Å²) in [7, 11) is 0. The largest absolute Gasteiger partial charge is 0.329 e. The molecule has 1 unspecified atom stereocenters. The van der Waals surface area contributed by atoms with E-state index < -0.39 is 0 Å². The lowest BCUT2D eigenvalue weighted by atomic mass is 10.1. The maximum Gasteiger partial charge on any atom is 0.147 e. The summed E-state index contributed by atoms with van der Waals surface area (Å²) in [6.07, 6.45) is 0.744. The summed E-state index contributed by atoms with van der Waals surface area (Å²) in [5.74, 6) is 0.817. The molecule has 0 amide bonds. The minimum absolute atomic E-state index is 0.195. The first-order chi connectivity index (χ1) is 8.19.